The third-order valence-corrected chi connectivity index (χ3v) is 10.3. The minimum Gasteiger partial charge on any atom is -0.144 e. The Hall–Kier alpha value is -0.343. The van der Waals surface area contributed by atoms with E-state index in [2.05, 4.69) is 54.3 Å². The molecule has 17 heavy (non-hydrogen) atoms. The topological polar surface area (TPSA) is 0 Å². The van der Waals surface area contributed by atoms with Gasteiger partial charge in [0.1, 0.15) is 0 Å². The Morgan fingerprint density at radius 2 is 1.53 bits per heavy atom. The van der Waals surface area contributed by atoms with Gasteiger partial charge < -0.3 is 0 Å². The number of fused-ring (bicyclic) bond motifs is 1. The van der Waals surface area contributed by atoms with E-state index in [0.717, 1.165) is 0 Å². The molecule has 0 saturated heterocycles. The van der Waals surface area contributed by atoms with Gasteiger partial charge in [0.25, 0.3) is 0 Å². The normalized spacial score (nSPS) is 24.5. The first-order chi connectivity index (χ1) is 7.62. The Bertz CT molecular complexity index is 514. The van der Waals surface area contributed by atoms with E-state index in [-0.39, 0.29) is 0 Å². The van der Waals surface area contributed by atoms with E-state index < -0.39 is 8.07 Å². The Kier molecular flexibility index (Phi) is 2.76. The van der Waals surface area contributed by atoms with Crippen molar-refractivity contribution in [2.45, 2.75) is 59.3 Å². The Morgan fingerprint density at radius 1 is 1.00 bits per heavy atom. The molecular formula is C15H24SSi. The molecule has 0 N–H and O–H groups in total. The molecule has 2 heteroatoms. The molecule has 2 rings (SSSR count). The van der Waals surface area contributed by atoms with Gasteiger partial charge in [-0.2, -0.15) is 0 Å². The highest BCUT2D eigenvalue weighted by atomic mass is 32.1. The van der Waals surface area contributed by atoms with E-state index in [0.29, 0.717) is 5.04 Å². The van der Waals surface area contributed by atoms with Crippen molar-refractivity contribution >= 4 is 25.0 Å². The molecular weight excluding hydrogens is 240 g/mol. The Morgan fingerprint density at radius 3 is 2.00 bits per heavy atom. The van der Waals surface area contributed by atoms with Crippen LogP contribution in [0.5, 0.6) is 0 Å². The van der Waals surface area contributed by atoms with Crippen LogP contribution in [0.15, 0.2) is 5.57 Å². The van der Waals surface area contributed by atoms with Crippen molar-refractivity contribution in [2.24, 2.45) is 0 Å². The first kappa shape index (κ1) is 13.1. The molecule has 0 fully saturated rings. The largest absolute Gasteiger partial charge is 0.144 e. The number of allylic oxidation sites excluding steroid dienone is 2. The van der Waals surface area contributed by atoms with Crippen LogP contribution >= 0.6 is 11.3 Å². The van der Waals surface area contributed by atoms with Crippen LogP contribution in [0, 0.1) is 13.8 Å². The van der Waals surface area contributed by atoms with Gasteiger partial charge in [0, 0.05) is 14.8 Å². The molecule has 94 valence electrons. The summed E-state index contributed by atoms with van der Waals surface area (Å²) in [6.07, 6.45) is 0. The molecule has 0 spiro atoms. The van der Waals surface area contributed by atoms with E-state index in [1.54, 1.807) is 21.6 Å². The second-order valence-corrected chi connectivity index (χ2v) is 13.3. The van der Waals surface area contributed by atoms with Gasteiger partial charge in [-0.3, -0.25) is 0 Å². The third-order valence-electron chi connectivity index (χ3n) is 5.03. The van der Waals surface area contributed by atoms with Crippen LogP contribution in [-0.2, 0) is 5.04 Å². The molecule has 1 aromatic rings. The smallest absolute Gasteiger partial charge is 0.0615 e. The fraction of sp³-hybridized carbons (Fsp3) is 0.600. The molecule has 1 atom stereocenters. The molecule has 1 heterocycles. The summed E-state index contributed by atoms with van der Waals surface area (Å²) in [5.41, 5.74) is 6.27. The zero-order valence-corrected chi connectivity index (χ0v) is 14.2. The lowest BCUT2D eigenvalue weighted by Crippen LogP contribution is -2.46. The van der Waals surface area contributed by atoms with Crippen molar-refractivity contribution in [3.05, 3.63) is 26.5 Å². The molecule has 1 aromatic heterocycles. The van der Waals surface area contributed by atoms with Crippen LogP contribution in [0.4, 0.5) is 0 Å². The molecule has 0 bridgehead atoms. The Balaban J connectivity index is 2.81. The molecule has 1 aliphatic rings. The lowest BCUT2D eigenvalue weighted by atomic mass is 10.0. The Labute approximate surface area is 111 Å². The monoisotopic (exact) mass is 264 g/mol. The SMILES string of the molecule is CC1=C(C)C(C)([Si](C)(C)C)c2sc(C)c(C)c21. The van der Waals surface area contributed by atoms with Gasteiger partial charge in [-0.15, -0.1) is 11.3 Å². The molecule has 1 unspecified atom stereocenters. The van der Waals surface area contributed by atoms with Crippen molar-refractivity contribution in [3.63, 3.8) is 0 Å². The number of aryl methyl sites for hydroxylation is 1. The van der Waals surface area contributed by atoms with Crippen molar-refractivity contribution in [1.29, 1.82) is 0 Å². The highest BCUT2D eigenvalue weighted by molar-refractivity contribution is 7.13. The summed E-state index contributed by atoms with van der Waals surface area (Å²) >= 11 is 2.04. The van der Waals surface area contributed by atoms with E-state index >= 15 is 0 Å². The molecule has 0 aromatic carbocycles. The zero-order valence-electron chi connectivity index (χ0n) is 12.4. The van der Waals surface area contributed by atoms with Crippen LogP contribution in [0.3, 0.4) is 0 Å². The van der Waals surface area contributed by atoms with Crippen LogP contribution < -0.4 is 0 Å². The first-order valence-corrected chi connectivity index (χ1v) is 10.7. The maximum Gasteiger partial charge on any atom is 0.0615 e. The van der Waals surface area contributed by atoms with Crippen LogP contribution in [0.25, 0.3) is 5.57 Å². The number of hydrogen-bond acceptors (Lipinski definition) is 1. The van der Waals surface area contributed by atoms with Crippen LogP contribution in [0.2, 0.25) is 19.6 Å². The summed E-state index contributed by atoms with van der Waals surface area (Å²) in [5, 5.41) is 0.343. The standard InChI is InChI=1S/C15H24SSi/c1-9-11(3)15(5,17(6,7)8)14-13(9)10(2)12(4)16-14/h1-8H3. The van der Waals surface area contributed by atoms with Gasteiger partial charge in [0.05, 0.1) is 8.07 Å². The average Bonchev–Trinajstić information content (AvgIpc) is 2.59. The van der Waals surface area contributed by atoms with Crippen molar-refractivity contribution < 1.29 is 0 Å². The van der Waals surface area contributed by atoms with Crippen molar-refractivity contribution in [1.82, 2.24) is 0 Å². The van der Waals surface area contributed by atoms with E-state index in [9.17, 15) is 0 Å². The van der Waals surface area contributed by atoms with E-state index in [1.165, 1.54) is 10.4 Å². The highest BCUT2D eigenvalue weighted by Crippen LogP contribution is 2.55. The summed E-state index contributed by atoms with van der Waals surface area (Å²) in [5.74, 6) is 0. The van der Waals surface area contributed by atoms with Crippen molar-refractivity contribution in [2.75, 3.05) is 0 Å². The fourth-order valence-corrected chi connectivity index (χ4v) is 7.58. The highest BCUT2D eigenvalue weighted by Gasteiger charge is 2.49. The summed E-state index contributed by atoms with van der Waals surface area (Å²) in [6.45, 7) is 19.2. The number of thiophene rings is 1. The lowest BCUT2D eigenvalue weighted by Gasteiger charge is -2.39. The van der Waals surface area contributed by atoms with Crippen LogP contribution in [-0.4, -0.2) is 8.07 Å². The van der Waals surface area contributed by atoms with Crippen molar-refractivity contribution in [3.8, 4) is 0 Å². The van der Waals surface area contributed by atoms with E-state index in [1.807, 2.05) is 11.3 Å². The molecule has 0 saturated carbocycles. The minimum atomic E-state index is -1.26. The minimum absolute atomic E-state index is 0.343. The summed E-state index contributed by atoms with van der Waals surface area (Å²) in [7, 11) is -1.26. The second kappa shape index (κ2) is 3.58. The second-order valence-electron chi connectivity index (χ2n) is 6.61. The van der Waals surface area contributed by atoms with Gasteiger partial charge >= 0.3 is 0 Å². The van der Waals surface area contributed by atoms with Gasteiger partial charge in [0.2, 0.25) is 0 Å². The van der Waals surface area contributed by atoms with Crippen LogP contribution in [0.1, 0.15) is 41.7 Å². The molecule has 1 aliphatic carbocycles. The summed E-state index contributed by atoms with van der Waals surface area (Å²) < 4.78 is 0. The van der Waals surface area contributed by atoms with Gasteiger partial charge in [-0.05, 0) is 44.4 Å². The maximum atomic E-state index is 2.50. The van der Waals surface area contributed by atoms with Gasteiger partial charge in [-0.1, -0.05) is 32.1 Å². The summed E-state index contributed by atoms with van der Waals surface area (Å²) in [4.78, 5) is 3.16. The average molecular weight is 265 g/mol. The van der Waals surface area contributed by atoms with Gasteiger partial charge in [0.15, 0.2) is 0 Å². The predicted molar refractivity (Wildman–Crippen MR) is 82.8 cm³/mol. The maximum absolute atomic E-state index is 2.50. The van der Waals surface area contributed by atoms with Gasteiger partial charge in [-0.25, -0.2) is 0 Å². The third kappa shape index (κ3) is 1.46. The number of rotatable bonds is 1. The predicted octanol–water partition coefficient (Wildman–Crippen LogP) is 5.31. The molecule has 0 amide bonds. The molecule has 0 aliphatic heterocycles. The number of hydrogen-bond donors (Lipinski definition) is 0. The molecule has 0 nitrogen and oxygen atoms in total. The van der Waals surface area contributed by atoms with E-state index in [4.69, 9.17) is 0 Å². The summed E-state index contributed by atoms with van der Waals surface area (Å²) in [6, 6.07) is 0. The lowest BCUT2D eigenvalue weighted by molar-refractivity contribution is 0.789. The fourth-order valence-electron chi connectivity index (χ4n) is 3.07. The zero-order chi connectivity index (χ0) is 13.2. The quantitative estimate of drug-likeness (QED) is 0.603. The first-order valence-electron chi connectivity index (χ1n) is 6.41. The molecule has 0 radical (unpaired) electrons.